The van der Waals surface area contributed by atoms with Crippen molar-refractivity contribution in [3.63, 3.8) is 0 Å². The number of nitrogens with two attached hydrogens (primary N) is 1. The van der Waals surface area contributed by atoms with Gasteiger partial charge in [-0.1, -0.05) is 12.1 Å². The van der Waals surface area contributed by atoms with Gasteiger partial charge in [-0.05, 0) is 44.5 Å². The summed E-state index contributed by atoms with van der Waals surface area (Å²) in [7, 11) is 2.05. The van der Waals surface area contributed by atoms with Crippen molar-refractivity contribution in [2.24, 2.45) is 5.73 Å². The highest BCUT2D eigenvalue weighted by molar-refractivity contribution is 5.16. The van der Waals surface area contributed by atoms with Gasteiger partial charge in [-0.2, -0.15) is 0 Å². The Morgan fingerprint density at radius 1 is 1.37 bits per heavy atom. The molecule has 1 saturated heterocycles. The summed E-state index contributed by atoms with van der Waals surface area (Å²) in [6, 6.07) is 6.84. The zero-order chi connectivity index (χ0) is 13.8. The van der Waals surface area contributed by atoms with Gasteiger partial charge < -0.3 is 10.5 Å². The van der Waals surface area contributed by atoms with Crippen molar-refractivity contribution in [2.45, 2.75) is 44.6 Å². The third-order valence-electron chi connectivity index (χ3n) is 3.85. The molecule has 2 N–H and O–H groups in total. The van der Waals surface area contributed by atoms with Gasteiger partial charge in [0.25, 0.3) is 0 Å². The topological polar surface area (TPSA) is 38.5 Å². The average molecular weight is 266 g/mol. The molecule has 1 heterocycles. The van der Waals surface area contributed by atoms with E-state index in [9.17, 15) is 4.39 Å². The molecule has 1 aromatic rings. The molecule has 1 fully saturated rings. The van der Waals surface area contributed by atoms with E-state index in [2.05, 4.69) is 11.8 Å². The fourth-order valence-electron chi connectivity index (χ4n) is 2.73. The Morgan fingerprint density at radius 3 is 2.58 bits per heavy atom. The number of rotatable bonds is 5. The van der Waals surface area contributed by atoms with Crippen LogP contribution in [0.4, 0.5) is 4.39 Å². The molecule has 0 aliphatic carbocycles. The quantitative estimate of drug-likeness (QED) is 0.887. The number of nitrogens with zero attached hydrogens (tertiary/aromatic N) is 1. The lowest BCUT2D eigenvalue weighted by atomic mass is 10.1. The van der Waals surface area contributed by atoms with E-state index in [1.54, 1.807) is 0 Å². The molecule has 3 nitrogen and oxygen atoms in total. The highest BCUT2D eigenvalue weighted by Crippen LogP contribution is 2.24. The van der Waals surface area contributed by atoms with Crippen LogP contribution in [0.3, 0.4) is 0 Å². The van der Waals surface area contributed by atoms with Crippen LogP contribution in [0.1, 0.15) is 25.3 Å². The third-order valence-corrected chi connectivity index (χ3v) is 3.85. The second-order valence-electron chi connectivity index (χ2n) is 5.41. The summed E-state index contributed by atoms with van der Waals surface area (Å²) < 4.78 is 18.8. The minimum absolute atomic E-state index is 0.199. The van der Waals surface area contributed by atoms with E-state index in [-0.39, 0.29) is 18.0 Å². The van der Waals surface area contributed by atoms with Crippen molar-refractivity contribution in [1.82, 2.24) is 4.90 Å². The van der Waals surface area contributed by atoms with Crippen LogP contribution >= 0.6 is 0 Å². The zero-order valence-corrected chi connectivity index (χ0v) is 11.7. The van der Waals surface area contributed by atoms with Crippen molar-refractivity contribution in [1.29, 1.82) is 0 Å². The predicted molar refractivity (Wildman–Crippen MR) is 74.3 cm³/mol. The van der Waals surface area contributed by atoms with E-state index in [0.717, 1.165) is 24.9 Å². The van der Waals surface area contributed by atoms with Crippen LogP contribution in [0.5, 0.6) is 0 Å². The highest BCUT2D eigenvalue weighted by Gasteiger charge is 2.31. The molecule has 1 aliphatic heterocycles. The van der Waals surface area contributed by atoms with Crippen LogP contribution in [0, 0.1) is 5.82 Å². The molecule has 2 rings (SSSR count). The summed E-state index contributed by atoms with van der Waals surface area (Å²) in [5.74, 6) is -0.199. The number of ether oxygens (including phenoxy) is 1. The fourth-order valence-corrected chi connectivity index (χ4v) is 2.73. The van der Waals surface area contributed by atoms with Gasteiger partial charge in [0.2, 0.25) is 0 Å². The molecule has 0 radical (unpaired) electrons. The van der Waals surface area contributed by atoms with Crippen molar-refractivity contribution >= 4 is 0 Å². The van der Waals surface area contributed by atoms with E-state index in [1.807, 2.05) is 19.2 Å². The third kappa shape index (κ3) is 3.75. The summed E-state index contributed by atoms with van der Waals surface area (Å²) in [4.78, 5) is 2.20. The molecule has 1 aromatic carbocycles. The number of hydrogen-bond donors (Lipinski definition) is 1. The Labute approximate surface area is 114 Å². The first-order valence-electron chi connectivity index (χ1n) is 6.90. The number of likely N-dealkylation sites (N-methyl/N-ethyl adjacent to an activating group) is 1. The molecular formula is C15H23FN2O. The SMILES string of the molecule is CC1CCC(C(CN)N(C)Cc2ccc(F)cc2)O1. The molecule has 19 heavy (non-hydrogen) atoms. The van der Waals surface area contributed by atoms with Crippen molar-refractivity contribution < 1.29 is 9.13 Å². The van der Waals surface area contributed by atoms with Crippen LogP contribution in [-0.2, 0) is 11.3 Å². The molecule has 0 amide bonds. The Balaban J connectivity index is 1.96. The number of hydrogen-bond acceptors (Lipinski definition) is 3. The maximum atomic E-state index is 12.9. The van der Waals surface area contributed by atoms with Crippen LogP contribution < -0.4 is 5.73 Å². The first kappa shape index (κ1) is 14.4. The lowest BCUT2D eigenvalue weighted by Crippen LogP contribution is -2.46. The monoisotopic (exact) mass is 266 g/mol. The van der Waals surface area contributed by atoms with Gasteiger partial charge in [0.05, 0.1) is 12.2 Å². The van der Waals surface area contributed by atoms with Crippen LogP contribution in [-0.4, -0.2) is 36.7 Å². The van der Waals surface area contributed by atoms with E-state index < -0.39 is 0 Å². The van der Waals surface area contributed by atoms with Crippen molar-refractivity contribution in [2.75, 3.05) is 13.6 Å². The Kier molecular flexibility index (Phi) is 4.91. The number of halogens is 1. The standard InChI is InChI=1S/C15H23FN2O/c1-11-3-8-15(19-11)14(9-17)18(2)10-12-4-6-13(16)7-5-12/h4-7,11,14-15H,3,8-10,17H2,1-2H3. The molecule has 0 aromatic heterocycles. The van der Waals surface area contributed by atoms with E-state index >= 15 is 0 Å². The summed E-state index contributed by atoms with van der Waals surface area (Å²) >= 11 is 0. The van der Waals surface area contributed by atoms with Gasteiger partial charge >= 0.3 is 0 Å². The minimum Gasteiger partial charge on any atom is -0.374 e. The number of benzene rings is 1. The molecule has 3 unspecified atom stereocenters. The highest BCUT2D eigenvalue weighted by atomic mass is 19.1. The normalized spacial score (nSPS) is 24.9. The lowest BCUT2D eigenvalue weighted by molar-refractivity contribution is 0.000837. The van der Waals surface area contributed by atoms with E-state index in [4.69, 9.17) is 10.5 Å². The average Bonchev–Trinajstić information content (AvgIpc) is 2.80. The van der Waals surface area contributed by atoms with E-state index in [0.29, 0.717) is 12.6 Å². The maximum absolute atomic E-state index is 12.9. The molecule has 1 aliphatic rings. The zero-order valence-electron chi connectivity index (χ0n) is 11.7. The second-order valence-corrected chi connectivity index (χ2v) is 5.41. The molecule has 3 atom stereocenters. The summed E-state index contributed by atoms with van der Waals surface area (Å²) in [6.07, 6.45) is 2.71. The summed E-state index contributed by atoms with van der Waals surface area (Å²) in [5.41, 5.74) is 6.99. The predicted octanol–water partition coefficient (Wildman–Crippen LogP) is 2.15. The Hall–Kier alpha value is -0.970. The minimum atomic E-state index is -0.199. The van der Waals surface area contributed by atoms with Gasteiger partial charge in [-0.15, -0.1) is 0 Å². The molecule has 0 bridgehead atoms. The largest absolute Gasteiger partial charge is 0.374 e. The van der Waals surface area contributed by atoms with Gasteiger partial charge in [-0.25, -0.2) is 4.39 Å². The lowest BCUT2D eigenvalue weighted by Gasteiger charge is -2.31. The first-order valence-corrected chi connectivity index (χ1v) is 6.90. The molecule has 106 valence electrons. The van der Waals surface area contributed by atoms with Crippen LogP contribution in [0.15, 0.2) is 24.3 Å². The smallest absolute Gasteiger partial charge is 0.123 e. The van der Waals surface area contributed by atoms with Gasteiger partial charge in [0.15, 0.2) is 0 Å². The summed E-state index contributed by atoms with van der Waals surface area (Å²) in [6.45, 7) is 3.44. The fraction of sp³-hybridized carbons (Fsp3) is 0.600. The van der Waals surface area contributed by atoms with Crippen molar-refractivity contribution in [3.8, 4) is 0 Å². The van der Waals surface area contributed by atoms with E-state index in [1.165, 1.54) is 12.1 Å². The maximum Gasteiger partial charge on any atom is 0.123 e. The molecule has 4 heteroatoms. The van der Waals surface area contributed by atoms with Crippen molar-refractivity contribution in [3.05, 3.63) is 35.6 Å². The van der Waals surface area contributed by atoms with Gasteiger partial charge in [0.1, 0.15) is 5.82 Å². The second kappa shape index (κ2) is 6.46. The van der Waals surface area contributed by atoms with Gasteiger partial charge in [-0.3, -0.25) is 4.90 Å². The molecular weight excluding hydrogens is 243 g/mol. The Bertz CT molecular complexity index is 396. The molecule has 0 spiro atoms. The van der Waals surface area contributed by atoms with Crippen LogP contribution in [0.2, 0.25) is 0 Å². The molecule has 0 saturated carbocycles. The Morgan fingerprint density at radius 2 is 2.05 bits per heavy atom. The first-order chi connectivity index (χ1) is 9.10. The summed E-state index contributed by atoms with van der Waals surface area (Å²) in [5, 5.41) is 0. The van der Waals surface area contributed by atoms with Gasteiger partial charge in [0, 0.05) is 19.1 Å². The van der Waals surface area contributed by atoms with Crippen LogP contribution in [0.25, 0.3) is 0 Å².